The predicted molar refractivity (Wildman–Crippen MR) is 111 cm³/mol. The first-order valence-electron chi connectivity index (χ1n) is 8.62. The zero-order chi connectivity index (χ0) is 16.3. The van der Waals surface area contributed by atoms with Crippen LogP contribution in [0.3, 0.4) is 0 Å². The third-order valence-corrected chi connectivity index (χ3v) is 4.17. The highest BCUT2D eigenvalue weighted by Gasteiger charge is 2.09. The van der Waals surface area contributed by atoms with Crippen molar-refractivity contribution in [2.75, 3.05) is 46.4 Å². The van der Waals surface area contributed by atoms with Crippen molar-refractivity contribution in [3.8, 4) is 0 Å². The van der Waals surface area contributed by atoms with E-state index in [1.54, 1.807) is 0 Å². The molecule has 6 heteroatoms. The maximum Gasteiger partial charge on any atom is 0.191 e. The van der Waals surface area contributed by atoms with Gasteiger partial charge in [-0.25, -0.2) is 0 Å². The number of guanidine groups is 1. The molecule has 0 aliphatic carbocycles. The SMILES string of the molecule is CN=C(NCCCCN1CCOCC1)NC(C)c1ccccc1.I. The van der Waals surface area contributed by atoms with Gasteiger partial charge < -0.3 is 15.4 Å². The molecule has 136 valence electrons. The van der Waals surface area contributed by atoms with Crippen LogP contribution in [0.4, 0.5) is 0 Å². The molecule has 2 rings (SSSR count). The maximum absolute atomic E-state index is 5.37. The van der Waals surface area contributed by atoms with Gasteiger partial charge >= 0.3 is 0 Å². The highest BCUT2D eigenvalue weighted by atomic mass is 127. The summed E-state index contributed by atoms with van der Waals surface area (Å²) in [4.78, 5) is 6.79. The van der Waals surface area contributed by atoms with Crippen molar-refractivity contribution in [3.05, 3.63) is 35.9 Å². The maximum atomic E-state index is 5.37. The standard InChI is InChI=1S/C18H30N4O.HI/c1-16(17-8-4-3-5-9-17)21-18(19-2)20-10-6-7-11-22-12-14-23-15-13-22;/h3-5,8-9,16H,6-7,10-15H2,1-2H3,(H2,19,20,21);1H. The number of rotatable bonds is 7. The van der Waals surface area contributed by atoms with Crippen LogP contribution < -0.4 is 10.6 Å². The summed E-state index contributed by atoms with van der Waals surface area (Å²) in [6.45, 7) is 8.18. The lowest BCUT2D eigenvalue weighted by atomic mass is 10.1. The molecule has 0 aromatic heterocycles. The number of nitrogens with one attached hydrogen (secondary N) is 2. The van der Waals surface area contributed by atoms with E-state index < -0.39 is 0 Å². The van der Waals surface area contributed by atoms with E-state index in [1.165, 1.54) is 12.0 Å². The van der Waals surface area contributed by atoms with Crippen LogP contribution in [-0.4, -0.2) is 57.3 Å². The minimum atomic E-state index is 0. The van der Waals surface area contributed by atoms with Crippen LogP contribution in [0.2, 0.25) is 0 Å². The van der Waals surface area contributed by atoms with Crippen LogP contribution in [0.5, 0.6) is 0 Å². The molecule has 1 unspecified atom stereocenters. The summed E-state index contributed by atoms with van der Waals surface area (Å²) in [5.74, 6) is 0.868. The summed E-state index contributed by atoms with van der Waals surface area (Å²) in [5.41, 5.74) is 1.27. The van der Waals surface area contributed by atoms with Crippen LogP contribution >= 0.6 is 24.0 Å². The molecular formula is C18H31IN4O. The lowest BCUT2D eigenvalue weighted by molar-refractivity contribution is 0.0372. The Labute approximate surface area is 163 Å². The summed E-state index contributed by atoms with van der Waals surface area (Å²) < 4.78 is 5.37. The molecule has 2 N–H and O–H groups in total. The fraction of sp³-hybridized carbons (Fsp3) is 0.611. The Morgan fingerprint density at radius 1 is 1.21 bits per heavy atom. The van der Waals surface area contributed by atoms with E-state index in [1.807, 2.05) is 13.1 Å². The topological polar surface area (TPSA) is 48.9 Å². The first-order valence-corrected chi connectivity index (χ1v) is 8.62. The minimum absolute atomic E-state index is 0. The number of hydrogen-bond donors (Lipinski definition) is 2. The van der Waals surface area contributed by atoms with Gasteiger partial charge in [0.25, 0.3) is 0 Å². The minimum Gasteiger partial charge on any atom is -0.379 e. The zero-order valence-corrected chi connectivity index (χ0v) is 17.2. The van der Waals surface area contributed by atoms with E-state index >= 15 is 0 Å². The Hall–Kier alpha value is -0.860. The van der Waals surface area contributed by atoms with Crippen LogP contribution in [0.15, 0.2) is 35.3 Å². The third-order valence-electron chi connectivity index (χ3n) is 4.17. The number of hydrogen-bond acceptors (Lipinski definition) is 3. The van der Waals surface area contributed by atoms with Gasteiger partial charge in [-0.05, 0) is 31.9 Å². The lowest BCUT2D eigenvalue weighted by Gasteiger charge is -2.26. The largest absolute Gasteiger partial charge is 0.379 e. The second-order valence-corrected chi connectivity index (χ2v) is 5.94. The van der Waals surface area contributed by atoms with Crippen molar-refractivity contribution < 1.29 is 4.74 Å². The van der Waals surface area contributed by atoms with Crippen LogP contribution in [-0.2, 0) is 4.74 Å². The van der Waals surface area contributed by atoms with Crippen LogP contribution in [0.1, 0.15) is 31.4 Å². The number of benzene rings is 1. The Kier molecular flexibility index (Phi) is 11.0. The molecule has 0 amide bonds. The van der Waals surface area contributed by atoms with E-state index in [0.29, 0.717) is 0 Å². The Morgan fingerprint density at radius 2 is 1.92 bits per heavy atom. The first-order chi connectivity index (χ1) is 11.3. The van der Waals surface area contributed by atoms with E-state index in [4.69, 9.17) is 4.74 Å². The van der Waals surface area contributed by atoms with E-state index in [0.717, 1.165) is 51.8 Å². The zero-order valence-electron chi connectivity index (χ0n) is 14.8. The lowest BCUT2D eigenvalue weighted by Crippen LogP contribution is -2.39. The van der Waals surface area contributed by atoms with Gasteiger partial charge in [0, 0.05) is 26.7 Å². The predicted octanol–water partition coefficient (Wildman–Crippen LogP) is 2.64. The van der Waals surface area contributed by atoms with Crippen molar-refractivity contribution in [1.82, 2.24) is 15.5 Å². The number of morpholine rings is 1. The van der Waals surface area contributed by atoms with Gasteiger partial charge in [0.05, 0.1) is 19.3 Å². The molecule has 0 radical (unpaired) electrons. The summed E-state index contributed by atoms with van der Waals surface area (Å²) in [6.07, 6.45) is 2.36. The normalized spacial score (nSPS) is 17.0. The second kappa shape index (κ2) is 12.5. The molecule has 0 spiro atoms. The molecule has 1 atom stereocenters. The third kappa shape index (κ3) is 7.81. The van der Waals surface area contributed by atoms with Crippen molar-refractivity contribution in [2.24, 2.45) is 4.99 Å². The average Bonchev–Trinajstić information content (AvgIpc) is 2.62. The smallest absolute Gasteiger partial charge is 0.191 e. The second-order valence-electron chi connectivity index (χ2n) is 5.94. The quantitative estimate of drug-likeness (QED) is 0.293. The van der Waals surface area contributed by atoms with Gasteiger partial charge in [0.2, 0.25) is 0 Å². The average molecular weight is 446 g/mol. The molecule has 1 saturated heterocycles. The van der Waals surface area contributed by atoms with Gasteiger partial charge in [-0.15, -0.1) is 24.0 Å². The number of unbranched alkanes of at least 4 members (excludes halogenated alkanes) is 1. The van der Waals surface area contributed by atoms with E-state index in [2.05, 4.69) is 51.7 Å². The number of ether oxygens (including phenoxy) is 1. The van der Waals surface area contributed by atoms with Crippen LogP contribution in [0, 0.1) is 0 Å². The molecule has 0 bridgehead atoms. The highest BCUT2D eigenvalue weighted by Crippen LogP contribution is 2.10. The molecule has 1 aliphatic rings. The summed E-state index contributed by atoms with van der Waals surface area (Å²) in [5, 5.41) is 6.84. The molecule has 1 aliphatic heterocycles. The highest BCUT2D eigenvalue weighted by molar-refractivity contribution is 14.0. The van der Waals surface area contributed by atoms with E-state index in [-0.39, 0.29) is 30.0 Å². The molecule has 24 heavy (non-hydrogen) atoms. The van der Waals surface area contributed by atoms with Crippen LogP contribution in [0.25, 0.3) is 0 Å². The van der Waals surface area contributed by atoms with Gasteiger partial charge in [-0.3, -0.25) is 9.89 Å². The Balaban J connectivity index is 0.00000288. The molecule has 1 aromatic rings. The fourth-order valence-corrected chi connectivity index (χ4v) is 2.72. The molecule has 1 fully saturated rings. The van der Waals surface area contributed by atoms with Crippen molar-refractivity contribution in [1.29, 1.82) is 0 Å². The monoisotopic (exact) mass is 446 g/mol. The van der Waals surface area contributed by atoms with Gasteiger partial charge in [0.1, 0.15) is 0 Å². The van der Waals surface area contributed by atoms with Gasteiger partial charge in [-0.2, -0.15) is 0 Å². The Bertz CT molecular complexity index is 463. The molecule has 1 aromatic carbocycles. The number of aliphatic imine (C=N–C) groups is 1. The molecular weight excluding hydrogens is 415 g/mol. The molecule has 5 nitrogen and oxygen atoms in total. The Morgan fingerprint density at radius 3 is 2.58 bits per heavy atom. The van der Waals surface area contributed by atoms with Crippen molar-refractivity contribution >= 4 is 29.9 Å². The molecule has 1 heterocycles. The number of halogens is 1. The fourth-order valence-electron chi connectivity index (χ4n) is 2.72. The van der Waals surface area contributed by atoms with Gasteiger partial charge in [-0.1, -0.05) is 30.3 Å². The number of nitrogens with zero attached hydrogens (tertiary/aromatic N) is 2. The summed E-state index contributed by atoms with van der Waals surface area (Å²) >= 11 is 0. The van der Waals surface area contributed by atoms with Gasteiger partial charge in [0.15, 0.2) is 5.96 Å². The van der Waals surface area contributed by atoms with Crippen molar-refractivity contribution in [3.63, 3.8) is 0 Å². The summed E-state index contributed by atoms with van der Waals surface area (Å²) in [6, 6.07) is 10.7. The van der Waals surface area contributed by atoms with Crippen molar-refractivity contribution in [2.45, 2.75) is 25.8 Å². The first kappa shape index (κ1) is 21.2. The summed E-state index contributed by atoms with van der Waals surface area (Å²) in [7, 11) is 1.82. The molecule has 0 saturated carbocycles. The van der Waals surface area contributed by atoms with E-state index in [9.17, 15) is 0 Å².